The van der Waals surface area contributed by atoms with Gasteiger partial charge in [0.05, 0.1) is 0 Å². The fourth-order valence-corrected chi connectivity index (χ4v) is 3.02. The highest BCUT2D eigenvalue weighted by Gasteiger charge is 2.20. The second kappa shape index (κ2) is 11.0. The quantitative estimate of drug-likeness (QED) is 0.400. The Labute approximate surface area is 170 Å². The molecule has 1 aromatic carbocycles. The number of nitrogens with one attached hydrogen (secondary N) is 2. The molecular weight excluding hydrogens is 423 g/mol. The van der Waals surface area contributed by atoms with E-state index < -0.39 is 0 Å². The zero-order valence-corrected chi connectivity index (χ0v) is 18.5. The number of guanidine groups is 1. The van der Waals surface area contributed by atoms with Crippen molar-refractivity contribution in [2.75, 3.05) is 26.7 Å². The third kappa shape index (κ3) is 8.90. The number of likely N-dealkylation sites (tertiary alicyclic amines) is 1. The summed E-state index contributed by atoms with van der Waals surface area (Å²) in [6.07, 6.45) is 3.49. The van der Waals surface area contributed by atoms with Crippen LogP contribution in [0.3, 0.4) is 0 Å². The van der Waals surface area contributed by atoms with Crippen LogP contribution in [0.2, 0.25) is 0 Å². The van der Waals surface area contributed by atoms with Crippen LogP contribution in [0.1, 0.15) is 45.6 Å². The fourth-order valence-electron chi connectivity index (χ4n) is 3.02. The van der Waals surface area contributed by atoms with Crippen LogP contribution >= 0.6 is 24.0 Å². The molecule has 0 amide bonds. The number of hydrogen-bond acceptors (Lipinski definition) is 2. The lowest BCUT2D eigenvalue weighted by Gasteiger charge is -2.33. The average molecular weight is 458 g/mol. The Balaban J connectivity index is 0.00000312. The molecular formula is C20H35IN4. The molecule has 1 aliphatic rings. The maximum absolute atomic E-state index is 4.37. The number of aliphatic imine (C=N–C) groups is 1. The molecule has 1 heterocycles. The Kier molecular flexibility index (Phi) is 9.79. The molecule has 4 nitrogen and oxygen atoms in total. The Morgan fingerprint density at radius 3 is 2.36 bits per heavy atom. The fraction of sp³-hybridized carbons (Fsp3) is 0.650. The second-order valence-electron chi connectivity index (χ2n) is 7.99. The van der Waals surface area contributed by atoms with Crippen LogP contribution in [-0.4, -0.2) is 43.6 Å². The van der Waals surface area contributed by atoms with E-state index in [1.54, 1.807) is 0 Å². The summed E-state index contributed by atoms with van der Waals surface area (Å²) in [5, 5.41) is 7.04. The van der Waals surface area contributed by atoms with E-state index in [1.807, 2.05) is 7.05 Å². The molecule has 1 aromatic rings. The Morgan fingerprint density at radius 2 is 1.80 bits per heavy atom. The third-order valence-corrected chi connectivity index (χ3v) is 4.57. The minimum absolute atomic E-state index is 0. The largest absolute Gasteiger partial charge is 0.356 e. The summed E-state index contributed by atoms with van der Waals surface area (Å²) in [4.78, 5) is 6.91. The Morgan fingerprint density at radius 1 is 1.16 bits per heavy atom. The highest BCUT2D eigenvalue weighted by atomic mass is 127. The molecule has 142 valence electrons. The molecule has 0 atom stereocenters. The molecule has 2 N–H and O–H groups in total. The van der Waals surface area contributed by atoms with Crippen LogP contribution in [-0.2, 0) is 6.54 Å². The van der Waals surface area contributed by atoms with E-state index in [9.17, 15) is 0 Å². The zero-order valence-electron chi connectivity index (χ0n) is 16.2. The van der Waals surface area contributed by atoms with Crippen molar-refractivity contribution in [1.29, 1.82) is 0 Å². The van der Waals surface area contributed by atoms with Crippen LogP contribution in [0, 0.1) is 5.41 Å². The molecule has 0 bridgehead atoms. The van der Waals surface area contributed by atoms with Gasteiger partial charge in [-0.3, -0.25) is 9.89 Å². The monoisotopic (exact) mass is 458 g/mol. The lowest BCUT2D eigenvalue weighted by atomic mass is 9.92. The van der Waals surface area contributed by atoms with E-state index in [0.717, 1.165) is 38.6 Å². The predicted molar refractivity (Wildman–Crippen MR) is 119 cm³/mol. The predicted octanol–water partition coefficient (Wildman–Crippen LogP) is 3.87. The van der Waals surface area contributed by atoms with Gasteiger partial charge in [0.1, 0.15) is 0 Å². The van der Waals surface area contributed by atoms with Crippen molar-refractivity contribution in [1.82, 2.24) is 15.5 Å². The third-order valence-electron chi connectivity index (χ3n) is 4.57. The van der Waals surface area contributed by atoms with Gasteiger partial charge >= 0.3 is 0 Å². The van der Waals surface area contributed by atoms with Crippen molar-refractivity contribution in [2.45, 2.75) is 52.6 Å². The zero-order chi connectivity index (χ0) is 17.4. The van der Waals surface area contributed by atoms with Crippen molar-refractivity contribution >= 4 is 29.9 Å². The van der Waals surface area contributed by atoms with Gasteiger partial charge in [-0.15, -0.1) is 24.0 Å². The summed E-state index contributed by atoms with van der Waals surface area (Å²) in [7, 11) is 1.86. The summed E-state index contributed by atoms with van der Waals surface area (Å²) >= 11 is 0. The van der Waals surface area contributed by atoms with Crippen LogP contribution < -0.4 is 10.6 Å². The Bertz CT molecular complexity index is 502. The van der Waals surface area contributed by atoms with Gasteiger partial charge in [-0.2, -0.15) is 0 Å². The second-order valence-corrected chi connectivity index (χ2v) is 7.99. The van der Waals surface area contributed by atoms with Crippen LogP contribution in [0.25, 0.3) is 0 Å². The molecule has 0 saturated carbocycles. The van der Waals surface area contributed by atoms with Gasteiger partial charge in [0, 0.05) is 39.3 Å². The van der Waals surface area contributed by atoms with Gasteiger partial charge in [0.15, 0.2) is 5.96 Å². The number of benzene rings is 1. The highest BCUT2D eigenvalue weighted by Crippen LogP contribution is 2.17. The van der Waals surface area contributed by atoms with E-state index in [4.69, 9.17) is 0 Å². The number of piperidine rings is 1. The van der Waals surface area contributed by atoms with Crippen LogP contribution in [0.5, 0.6) is 0 Å². The molecule has 5 heteroatoms. The molecule has 1 saturated heterocycles. The first-order chi connectivity index (χ1) is 11.5. The average Bonchev–Trinajstić information content (AvgIpc) is 2.55. The molecule has 0 aromatic heterocycles. The number of hydrogen-bond donors (Lipinski definition) is 2. The highest BCUT2D eigenvalue weighted by molar-refractivity contribution is 14.0. The van der Waals surface area contributed by atoms with Crippen molar-refractivity contribution in [2.24, 2.45) is 10.4 Å². The van der Waals surface area contributed by atoms with Gasteiger partial charge in [-0.1, -0.05) is 51.1 Å². The van der Waals surface area contributed by atoms with Crippen LogP contribution in [0.15, 0.2) is 35.3 Å². The number of rotatable bonds is 5. The summed E-state index contributed by atoms with van der Waals surface area (Å²) in [6, 6.07) is 11.3. The van der Waals surface area contributed by atoms with Gasteiger partial charge in [-0.25, -0.2) is 0 Å². The molecule has 0 spiro atoms. The molecule has 0 aliphatic carbocycles. The van der Waals surface area contributed by atoms with Gasteiger partial charge < -0.3 is 10.6 Å². The van der Waals surface area contributed by atoms with E-state index in [2.05, 4.69) is 71.6 Å². The molecule has 1 fully saturated rings. The van der Waals surface area contributed by atoms with Crippen LogP contribution in [0.4, 0.5) is 0 Å². The number of halogens is 1. The first-order valence-corrected chi connectivity index (χ1v) is 9.20. The molecule has 2 rings (SSSR count). The smallest absolute Gasteiger partial charge is 0.191 e. The maximum Gasteiger partial charge on any atom is 0.191 e. The van der Waals surface area contributed by atoms with Crippen molar-refractivity contribution in [3.63, 3.8) is 0 Å². The molecule has 0 unspecified atom stereocenters. The van der Waals surface area contributed by atoms with Gasteiger partial charge in [-0.05, 0) is 30.2 Å². The maximum atomic E-state index is 4.37. The van der Waals surface area contributed by atoms with Crippen molar-refractivity contribution in [3.05, 3.63) is 35.9 Å². The normalized spacial score (nSPS) is 17.0. The van der Waals surface area contributed by atoms with Crippen molar-refractivity contribution in [3.8, 4) is 0 Å². The van der Waals surface area contributed by atoms with E-state index in [-0.39, 0.29) is 24.0 Å². The minimum Gasteiger partial charge on any atom is -0.356 e. The lowest BCUT2D eigenvalue weighted by Crippen LogP contribution is -2.48. The summed E-state index contributed by atoms with van der Waals surface area (Å²) in [6.45, 7) is 11.1. The summed E-state index contributed by atoms with van der Waals surface area (Å²) < 4.78 is 0. The van der Waals surface area contributed by atoms with E-state index in [0.29, 0.717) is 11.5 Å². The standard InChI is InChI=1S/C20H34N4.HI/c1-20(2,3)12-13-22-19(21-4)23-18-10-14-24(15-11-18)16-17-8-6-5-7-9-17;/h5-9,18H,10-16H2,1-4H3,(H2,21,22,23);1H. The van der Waals surface area contributed by atoms with Gasteiger partial charge in [0.25, 0.3) is 0 Å². The molecule has 25 heavy (non-hydrogen) atoms. The summed E-state index contributed by atoms with van der Waals surface area (Å²) in [5.41, 5.74) is 1.76. The number of nitrogens with zero attached hydrogens (tertiary/aromatic N) is 2. The van der Waals surface area contributed by atoms with E-state index >= 15 is 0 Å². The topological polar surface area (TPSA) is 39.7 Å². The summed E-state index contributed by atoms with van der Waals surface area (Å²) in [5.74, 6) is 0.945. The molecule has 0 radical (unpaired) electrons. The van der Waals surface area contributed by atoms with Crippen molar-refractivity contribution < 1.29 is 0 Å². The minimum atomic E-state index is 0. The van der Waals surface area contributed by atoms with Gasteiger partial charge in [0.2, 0.25) is 0 Å². The first-order valence-electron chi connectivity index (χ1n) is 9.20. The molecule has 1 aliphatic heterocycles. The SMILES string of the molecule is CN=C(NCCC(C)(C)C)NC1CCN(Cc2ccccc2)CC1.I. The first kappa shape index (κ1) is 22.2. The van der Waals surface area contributed by atoms with E-state index in [1.165, 1.54) is 18.4 Å². The lowest BCUT2D eigenvalue weighted by molar-refractivity contribution is 0.198. The Hall–Kier alpha value is -0.820.